The molecule has 0 saturated heterocycles. The summed E-state index contributed by atoms with van der Waals surface area (Å²) in [7, 11) is 0. The average molecular weight is 523 g/mol. The van der Waals surface area contributed by atoms with E-state index in [1.165, 1.54) is 12.4 Å². The molecule has 1 aliphatic rings. The lowest BCUT2D eigenvalue weighted by molar-refractivity contribution is -0.119. The van der Waals surface area contributed by atoms with E-state index in [1.54, 1.807) is 31.0 Å². The molecule has 0 radical (unpaired) electrons. The predicted molar refractivity (Wildman–Crippen MR) is 142 cm³/mol. The number of pyridine rings is 3. The number of carbonyl (C=O) groups excluding carboxylic acids is 1. The molecule has 0 atom stereocenters. The van der Waals surface area contributed by atoms with E-state index in [9.17, 15) is 4.79 Å². The van der Waals surface area contributed by atoms with Crippen molar-refractivity contribution in [1.29, 1.82) is 0 Å². The van der Waals surface area contributed by atoms with Crippen molar-refractivity contribution in [3.63, 3.8) is 0 Å². The zero-order valence-corrected chi connectivity index (χ0v) is 20.9. The molecule has 0 aromatic carbocycles. The molecule has 6 heterocycles. The Morgan fingerprint density at radius 3 is 2.72 bits per heavy atom. The highest BCUT2D eigenvalue weighted by Gasteiger charge is 2.24. The second kappa shape index (κ2) is 9.08. The highest BCUT2D eigenvalue weighted by Crippen LogP contribution is 2.34. The monoisotopic (exact) mass is 522 g/mol. The van der Waals surface area contributed by atoms with Crippen LogP contribution in [-0.4, -0.2) is 50.6 Å². The Labute approximate surface area is 221 Å². The molecule has 0 spiro atoms. The van der Waals surface area contributed by atoms with Gasteiger partial charge in [-0.1, -0.05) is 12.8 Å². The van der Waals surface area contributed by atoms with Crippen LogP contribution in [0.25, 0.3) is 50.4 Å². The summed E-state index contributed by atoms with van der Waals surface area (Å²) in [5.41, 5.74) is 4.71. The molecule has 1 amide bonds. The first-order chi connectivity index (χ1) is 19.0. The van der Waals surface area contributed by atoms with Crippen molar-refractivity contribution < 1.29 is 9.18 Å². The van der Waals surface area contributed by atoms with Crippen molar-refractivity contribution in [2.45, 2.75) is 32.6 Å². The maximum absolute atomic E-state index is 16.1. The van der Waals surface area contributed by atoms with Gasteiger partial charge in [-0.25, -0.2) is 14.4 Å². The molecule has 12 heteroatoms. The molecule has 3 N–H and O–H groups in total. The third kappa shape index (κ3) is 4.00. The van der Waals surface area contributed by atoms with Gasteiger partial charge in [-0.15, -0.1) is 0 Å². The molecule has 6 aromatic heterocycles. The van der Waals surface area contributed by atoms with E-state index >= 15 is 4.39 Å². The lowest BCUT2D eigenvalue weighted by Gasteiger charge is -2.11. The quantitative estimate of drug-likeness (QED) is 0.297. The minimum Gasteiger partial charge on any atom is -0.335 e. The summed E-state index contributed by atoms with van der Waals surface area (Å²) < 4.78 is 17.9. The van der Waals surface area contributed by atoms with E-state index < -0.39 is 5.82 Å². The predicted octanol–water partition coefficient (Wildman–Crippen LogP) is 4.72. The van der Waals surface area contributed by atoms with Crippen LogP contribution in [-0.2, 0) is 4.79 Å². The summed E-state index contributed by atoms with van der Waals surface area (Å²) in [6.07, 6.45) is 15.4. The third-order valence-corrected chi connectivity index (χ3v) is 7.14. The minimum atomic E-state index is -0.568. The molecule has 11 nitrogen and oxygen atoms in total. The average Bonchev–Trinajstić information content (AvgIpc) is 3.75. The van der Waals surface area contributed by atoms with Crippen LogP contribution in [0.3, 0.4) is 0 Å². The van der Waals surface area contributed by atoms with Crippen molar-refractivity contribution >= 4 is 33.5 Å². The summed E-state index contributed by atoms with van der Waals surface area (Å²) in [6, 6.07) is 1.68. The molecule has 6 aromatic rings. The van der Waals surface area contributed by atoms with Crippen LogP contribution >= 0.6 is 0 Å². The van der Waals surface area contributed by atoms with Crippen molar-refractivity contribution in [1.82, 2.24) is 44.7 Å². The van der Waals surface area contributed by atoms with E-state index in [1.807, 2.05) is 17.7 Å². The smallest absolute Gasteiger partial charge is 0.227 e. The largest absolute Gasteiger partial charge is 0.335 e. The number of halogens is 1. The number of anilines is 1. The van der Waals surface area contributed by atoms with Gasteiger partial charge in [0.2, 0.25) is 5.91 Å². The lowest BCUT2D eigenvalue weighted by atomic mass is 10.1. The molecule has 7 rings (SSSR count). The van der Waals surface area contributed by atoms with Gasteiger partial charge in [0.25, 0.3) is 0 Å². The Morgan fingerprint density at radius 2 is 1.90 bits per heavy atom. The fraction of sp³-hybridized carbons (Fsp3) is 0.222. The number of aromatic amines is 2. The first-order valence-corrected chi connectivity index (χ1v) is 12.7. The molecular formula is C27H23FN10O. The molecule has 1 fully saturated rings. The molecule has 194 valence electrons. The van der Waals surface area contributed by atoms with Crippen LogP contribution in [0.15, 0.2) is 49.6 Å². The molecule has 0 unspecified atom stereocenters. The first kappa shape index (κ1) is 23.1. The first-order valence-electron chi connectivity index (χ1n) is 12.7. The number of nitrogens with zero attached hydrogens (tertiary/aromatic N) is 7. The third-order valence-electron chi connectivity index (χ3n) is 7.14. The highest BCUT2D eigenvalue weighted by molar-refractivity contribution is 5.97. The number of amides is 1. The number of hydrogen-bond acceptors (Lipinski definition) is 7. The second-order valence-corrected chi connectivity index (χ2v) is 9.78. The van der Waals surface area contributed by atoms with Gasteiger partial charge in [-0.2, -0.15) is 5.10 Å². The van der Waals surface area contributed by atoms with E-state index in [-0.39, 0.29) is 22.9 Å². The number of imidazole rings is 2. The van der Waals surface area contributed by atoms with Gasteiger partial charge in [0.1, 0.15) is 16.9 Å². The van der Waals surface area contributed by atoms with Gasteiger partial charge >= 0.3 is 0 Å². The highest BCUT2D eigenvalue weighted by atomic mass is 19.1. The molecule has 39 heavy (non-hydrogen) atoms. The van der Waals surface area contributed by atoms with Crippen molar-refractivity contribution in [3.05, 3.63) is 61.1 Å². The summed E-state index contributed by atoms with van der Waals surface area (Å²) in [5, 5.41) is 10.4. The Hall–Kier alpha value is -5.00. The van der Waals surface area contributed by atoms with E-state index in [0.29, 0.717) is 39.3 Å². The molecular weight excluding hydrogens is 499 g/mol. The zero-order valence-electron chi connectivity index (χ0n) is 20.9. The fourth-order valence-electron chi connectivity index (χ4n) is 5.19. The summed E-state index contributed by atoms with van der Waals surface area (Å²) in [6.45, 7) is 1.90. The fourth-order valence-corrected chi connectivity index (χ4v) is 5.19. The van der Waals surface area contributed by atoms with Crippen LogP contribution in [0.2, 0.25) is 0 Å². The standard InChI is InChI=1S/C27H23FN10O/c1-14-12-38(13-32-14)20-11-30-9-19-24(20)35-26(34-19)25-21-18(36-37-25)10-31-23(22(21)28)16-6-17(8-29-7-16)33-27(39)15-4-2-3-5-15/h6-13,15H,2-5H2,1H3,(H,33,39)(H,34,35)(H,36,37). The number of carbonyl (C=O) groups is 1. The van der Waals surface area contributed by atoms with Gasteiger partial charge in [0.15, 0.2) is 11.6 Å². The second-order valence-electron chi connectivity index (χ2n) is 9.78. The summed E-state index contributed by atoms with van der Waals surface area (Å²) in [4.78, 5) is 37.7. The Bertz CT molecular complexity index is 1860. The van der Waals surface area contributed by atoms with Crippen molar-refractivity contribution in [2.24, 2.45) is 5.92 Å². The lowest BCUT2D eigenvalue weighted by Crippen LogP contribution is -2.20. The van der Waals surface area contributed by atoms with Gasteiger partial charge in [-0.05, 0) is 25.8 Å². The van der Waals surface area contributed by atoms with Crippen molar-refractivity contribution in [2.75, 3.05) is 5.32 Å². The SMILES string of the molecule is Cc1cn(-c2cncc3[nH]c(-c4n[nH]c5cnc(-c6cncc(NC(=O)C7CCCC7)c6)c(F)c45)nc23)cn1. The normalized spacial score (nSPS) is 14.0. The molecule has 0 bridgehead atoms. The van der Waals surface area contributed by atoms with E-state index in [4.69, 9.17) is 4.98 Å². The van der Waals surface area contributed by atoms with Gasteiger partial charge in [0, 0.05) is 23.9 Å². The van der Waals surface area contributed by atoms with Gasteiger partial charge in [0.05, 0.1) is 64.6 Å². The van der Waals surface area contributed by atoms with Crippen LogP contribution in [0, 0.1) is 18.7 Å². The molecule has 0 aliphatic heterocycles. The van der Waals surface area contributed by atoms with Crippen LogP contribution in [0.4, 0.5) is 10.1 Å². The zero-order chi connectivity index (χ0) is 26.5. The topological polar surface area (TPSA) is 143 Å². The number of hydrogen-bond donors (Lipinski definition) is 3. The summed E-state index contributed by atoms with van der Waals surface area (Å²) >= 11 is 0. The number of H-pyrrole nitrogens is 2. The van der Waals surface area contributed by atoms with E-state index in [2.05, 4.69) is 40.4 Å². The Kier molecular flexibility index (Phi) is 5.39. The maximum atomic E-state index is 16.1. The van der Waals surface area contributed by atoms with Crippen LogP contribution in [0.5, 0.6) is 0 Å². The van der Waals surface area contributed by atoms with Crippen molar-refractivity contribution in [3.8, 4) is 28.5 Å². The Morgan fingerprint density at radius 1 is 1.05 bits per heavy atom. The number of rotatable bonds is 5. The van der Waals surface area contributed by atoms with Gasteiger partial charge in [-0.3, -0.25) is 24.8 Å². The summed E-state index contributed by atoms with van der Waals surface area (Å²) in [5.74, 6) is -0.210. The maximum Gasteiger partial charge on any atom is 0.227 e. The minimum absolute atomic E-state index is 0.00526. The van der Waals surface area contributed by atoms with Gasteiger partial charge < -0.3 is 14.9 Å². The molecule has 1 saturated carbocycles. The Balaban J connectivity index is 1.28. The number of fused-ring (bicyclic) bond motifs is 2. The van der Waals surface area contributed by atoms with Crippen LogP contribution in [0.1, 0.15) is 31.4 Å². The number of nitrogens with one attached hydrogen (secondary N) is 3. The van der Waals surface area contributed by atoms with E-state index in [0.717, 1.165) is 37.1 Å². The number of aryl methyl sites for hydroxylation is 1. The number of aromatic nitrogens is 9. The molecule has 1 aliphatic carbocycles. The van der Waals surface area contributed by atoms with Crippen LogP contribution < -0.4 is 5.32 Å².